The van der Waals surface area contributed by atoms with Gasteiger partial charge in [0.05, 0.1) is 0 Å². The molecule has 3 rings (SSSR count). The lowest BCUT2D eigenvalue weighted by Gasteiger charge is -2.10. The van der Waals surface area contributed by atoms with Gasteiger partial charge in [-0.1, -0.05) is 24.3 Å². The van der Waals surface area contributed by atoms with Crippen molar-refractivity contribution < 1.29 is 0 Å². The van der Waals surface area contributed by atoms with Gasteiger partial charge in [-0.05, 0) is 110 Å². The minimum atomic E-state index is 1.06. The van der Waals surface area contributed by atoms with E-state index in [1.54, 1.807) is 0 Å². The number of rotatable bonds is 0. The van der Waals surface area contributed by atoms with Crippen LogP contribution in [0.15, 0.2) is 42.2 Å². The van der Waals surface area contributed by atoms with Gasteiger partial charge in [0.15, 0.2) is 0 Å². The molecule has 0 bridgehead atoms. The monoisotopic (exact) mass is 516 g/mol. The van der Waals surface area contributed by atoms with Crippen LogP contribution >= 0.6 is 63.7 Å². The smallest absolute Gasteiger partial charge is 0.0323 e. The highest BCUT2D eigenvalue weighted by molar-refractivity contribution is 9.13. The van der Waals surface area contributed by atoms with Gasteiger partial charge < -0.3 is 0 Å². The van der Waals surface area contributed by atoms with Gasteiger partial charge in [-0.2, -0.15) is 0 Å². The normalized spacial score (nSPS) is 14.2. The van der Waals surface area contributed by atoms with Crippen LogP contribution in [-0.4, -0.2) is 0 Å². The minimum absolute atomic E-state index is 1.06. The fraction of sp³-hybridized carbons (Fsp3) is 0. The van der Waals surface area contributed by atoms with E-state index in [1.807, 2.05) is 0 Å². The van der Waals surface area contributed by atoms with E-state index in [1.165, 1.54) is 22.3 Å². The summed E-state index contributed by atoms with van der Waals surface area (Å²) in [5, 5.41) is 0. The lowest BCUT2D eigenvalue weighted by molar-refractivity contribution is 1.50. The molecule has 0 saturated heterocycles. The Morgan fingerprint density at radius 2 is 0.600 bits per heavy atom. The molecule has 0 atom stereocenters. The summed E-state index contributed by atoms with van der Waals surface area (Å²) in [5.74, 6) is 0. The average Bonchev–Trinajstić information content (AvgIpc) is 2.40. The molecule has 20 heavy (non-hydrogen) atoms. The molecule has 0 fully saturated rings. The Labute approximate surface area is 151 Å². The fourth-order valence-electron chi connectivity index (χ4n) is 2.09. The highest BCUT2D eigenvalue weighted by Crippen LogP contribution is 2.33. The average molecular weight is 520 g/mol. The van der Waals surface area contributed by atoms with Crippen LogP contribution < -0.4 is 0 Å². The molecule has 0 N–H and O–H groups in total. The Hall–Kier alpha value is -0.160. The van der Waals surface area contributed by atoms with Gasteiger partial charge in [0, 0.05) is 17.9 Å². The second-order valence-electron chi connectivity index (χ2n) is 4.46. The van der Waals surface area contributed by atoms with Crippen LogP contribution in [0.2, 0.25) is 0 Å². The highest BCUT2D eigenvalue weighted by Gasteiger charge is 2.08. The van der Waals surface area contributed by atoms with E-state index in [0.29, 0.717) is 0 Å². The third kappa shape index (κ3) is 2.89. The zero-order valence-electron chi connectivity index (χ0n) is 10.1. The van der Waals surface area contributed by atoms with Crippen molar-refractivity contribution in [2.24, 2.45) is 0 Å². The third-order valence-electron chi connectivity index (χ3n) is 3.14. The van der Waals surface area contributed by atoms with E-state index in [0.717, 1.165) is 17.9 Å². The van der Waals surface area contributed by atoms with Crippen LogP contribution in [0.3, 0.4) is 0 Å². The van der Waals surface area contributed by atoms with Gasteiger partial charge in [0.25, 0.3) is 0 Å². The largest absolute Gasteiger partial charge is 0.0537 e. The van der Waals surface area contributed by atoms with E-state index < -0.39 is 0 Å². The molecule has 0 amide bonds. The number of benzene rings is 2. The SMILES string of the molecule is Brc1cc2c(cc1Br)/C=C\c1cc(Br)c(Br)cc1C=C2. The van der Waals surface area contributed by atoms with E-state index in [2.05, 4.69) is 112 Å². The predicted molar refractivity (Wildman–Crippen MR) is 102 cm³/mol. The molecule has 0 heterocycles. The third-order valence-corrected chi connectivity index (χ3v) is 6.83. The van der Waals surface area contributed by atoms with Gasteiger partial charge in [0.2, 0.25) is 0 Å². The molecular weight excluding hydrogens is 512 g/mol. The lowest BCUT2D eigenvalue weighted by atomic mass is 9.98. The predicted octanol–water partition coefficient (Wildman–Crippen LogP) is 7.39. The Kier molecular flexibility index (Phi) is 4.37. The van der Waals surface area contributed by atoms with Crippen LogP contribution in [0, 0.1) is 0 Å². The maximum absolute atomic E-state index is 3.55. The summed E-state index contributed by atoms with van der Waals surface area (Å²) in [6, 6.07) is 8.50. The Balaban J connectivity index is 2.18. The van der Waals surface area contributed by atoms with Crippen LogP contribution in [0.25, 0.3) is 24.3 Å². The van der Waals surface area contributed by atoms with E-state index in [4.69, 9.17) is 0 Å². The van der Waals surface area contributed by atoms with Crippen molar-refractivity contribution in [3.63, 3.8) is 0 Å². The quantitative estimate of drug-likeness (QED) is 0.290. The summed E-state index contributed by atoms with van der Waals surface area (Å²) in [6.07, 6.45) is 8.59. The van der Waals surface area contributed by atoms with Crippen LogP contribution in [0.1, 0.15) is 22.3 Å². The Morgan fingerprint density at radius 3 is 0.800 bits per heavy atom. The summed E-state index contributed by atoms with van der Waals surface area (Å²) in [6.45, 7) is 0. The second-order valence-corrected chi connectivity index (χ2v) is 7.87. The maximum Gasteiger partial charge on any atom is 0.0323 e. The van der Waals surface area contributed by atoms with Crippen molar-refractivity contribution in [3.8, 4) is 0 Å². The highest BCUT2D eigenvalue weighted by atomic mass is 79.9. The molecule has 0 radical (unpaired) electrons. The van der Waals surface area contributed by atoms with Crippen molar-refractivity contribution in [1.82, 2.24) is 0 Å². The van der Waals surface area contributed by atoms with Gasteiger partial charge in [-0.3, -0.25) is 0 Å². The van der Waals surface area contributed by atoms with Gasteiger partial charge in [-0.15, -0.1) is 0 Å². The van der Waals surface area contributed by atoms with E-state index >= 15 is 0 Å². The van der Waals surface area contributed by atoms with Crippen molar-refractivity contribution in [3.05, 3.63) is 64.4 Å². The maximum atomic E-state index is 3.55. The number of fused-ring (bicyclic) bond motifs is 2. The fourth-order valence-corrected chi connectivity index (χ4v) is 3.54. The molecule has 0 saturated carbocycles. The molecule has 0 spiro atoms. The summed E-state index contributed by atoms with van der Waals surface area (Å²) in [5.41, 5.74) is 4.78. The second kappa shape index (κ2) is 5.91. The summed E-state index contributed by atoms with van der Waals surface area (Å²) >= 11 is 14.2. The lowest BCUT2D eigenvalue weighted by Crippen LogP contribution is -1.88. The Bertz CT molecular complexity index is 630. The molecule has 4 heteroatoms. The molecular formula is C16H8Br4. The molecule has 2 aromatic carbocycles. The van der Waals surface area contributed by atoms with Crippen molar-refractivity contribution >= 4 is 88.0 Å². The van der Waals surface area contributed by atoms with Crippen LogP contribution in [0.4, 0.5) is 0 Å². The standard InChI is InChI=1S/C16H8Br4/c17-13-5-9-1-2-10-6-14(18)16(20)8-12(10)4-3-11(9)7-15(13)19/h1-8H/b2-1-,4-3?,9-1?,10-2?,11-3?,12-4?. The summed E-state index contributed by atoms with van der Waals surface area (Å²) < 4.78 is 4.25. The topological polar surface area (TPSA) is 0 Å². The first-order chi connectivity index (χ1) is 9.54. The molecule has 0 nitrogen and oxygen atoms in total. The first-order valence-corrected chi connectivity index (χ1v) is 9.06. The van der Waals surface area contributed by atoms with Crippen molar-refractivity contribution in [2.75, 3.05) is 0 Å². The zero-order chi connectivity index (χ0) is 14.3. The number of halogens is 4. The van der Waals surface area contributed by atoms with Crippen LogP contribution in [-0.2, 0) is 0 Å². The van der Waals surface area contributed by atoms with Gasteiger partial charge >= 0.3 is 0 Å². The molecule has 2 aromatic rings. The van der Waals surface area contributed by atoms with E-state index in [-0.39, 0.29) is 0 Å². The van der Waals surface area contributed by atoms with E-state index in [9.17, 15) is 0 Å². The molecule has 1 aliphatic rings. The first-order valence-electron chi connectivity index (χ1n) is 5.89. The van der Waals surface area contributed by atoms with Gasteiger partial charge in [-0.25, -0.2) is 0 Å². The first kappa shape index (κ1) is 14.8. The van der Waals surface area contributed by atoms with Gasteiger partial charge in [0.1, 0.15) is 0 Å². The molecule has 0 unspecified atom stereocenters. The number of hydrogen-bond donors (Lipinski definition) is 0. The Morgan fingerprint density at radius 1 is 0.400 bits per heavy atom. The summed E-state index contributed by atoms with van der Waals surface area (Å²) in [4.78, 5) is 0. The van der Waals surface area contributed by atoms with Crippen LogP contribution in [0.5, 0.6) is 0 Å². The molecule has 0 aliphatic heterocycles. The molecule has 100 valence electrons. The summed E-state index contributed by atoms with van der Waals surface area (Å²) in [7, 11) is 0. The number of hydrogen-bond acceptors (Lipinski definition) is 0. The van der Waals surface area contributed by atoms with Crippen molar-refractivity contribution in [1.29, 1.82) is 0 Å². The van der Waals surface area contributed by atoms with Crippen molar-refractivity contribution in [2.45, 2.75) is 0 Å². The molecule has 1 aliphatic carbocycles. The zero-order valence-corrected chi connectivity index (χ0v) is 16.5. The minimum Gasteiger partial charge on any atom is -0.0537 e. The molecule has 0 aromatic heterocycles.